The second kappa shape index (κ2) is 12.4. The number of ether oxygens (including phenoxy) is 2. The molecule has 10 nitrogen and oxygen atoms in total. The summed E-state index contributed by atoms with van der Waals surface area (Å²) in [5.41, 5.74) is 0.505. The van der Waals surface area contributed by atoms with Crippen molar-refractivity contribution in [3.05, 3.63) is 86.5 Å². The number of benzene rings is 2. The number of carbonyl (C=O) groups excluding carboxylic acids is 1. The second-order valence-corrected chi connectivity index (χ2v) is 11.0. The number of allylic oxidation sites excluding steroid dienone is 1. The molecule has 0 fully saturated rings. The average molecular weight is 600 g/mol. The van der Waals surface area contributed by atoms with Gasteiger partial charge in [0, 0.05) is 31.3 Å². The van der Waals surface area contributed by atoms with E-state index in [1.165, 1.54) is 28.7 Å². The van der Waals surface area contributed by atoms with E-state index in [1.807, 2.05) is 0 Å². The molecule has 0 amide bonds. The molecule has 1 N–H and O–H groups in total. The Morgan fingerprint density at radius 2 is 1.91 bits per heavy atom. The summed E-state index contributed by atoms with van der Waals surface area (Å²) in [6, 6.07) is 10.7. The van der Waals surface area contributed by atoms with Crippen molar-refractivity contribution in [3.8, 4) is 6.07 Å². The normalized spacial score (nSPS) is 15.3. The number of anilines is 2. The summed E-state index contributed by atoms with van der Waals surface area (Å²) >= 11 is 0. The molecule has 3 aromatic rings. The number of carbonyl (C=O) groups is 1. The lowest BCUT2D eigenvalue weighted by molar-refractivity contribution is -0.890. The van der Waals surface area contributed by atoms with Crippen LogP contribution in [0.3, 0.4) is 0 Å². The van der Waals surface area contributed by atoms with Gasteiger partial charge in [-0.2, -0.15) is 18.4 Å². The van der Waals surface area contributed by atoms with E-state index >= 15 is 0 Å². The summed E-state index contributed by atoms with van der Waals surface area (Å²) in [6.45, 7) is 3.72. The third kappa shape index (κ3) is 6.50. The number of methoxy groups -OCH3 is 2. The minimum Gasteiger partial charge on any atom is -0.466 e. The van der Waals surface area contributed by atoms with Gasteiger partial charge in [0.05, 0.1) is 63.7 Å². The van der Waals surface area contributed by atoms with Gasteiger partial charge in [-0.3, -0.25) is 4.90 Å². The third-order valence-corrected chi connectivity index (χ3v) is 7.64. The molecule has 0 bridgehead atoms. The molecule has 1 atom stereocenters. The van der Waals surface area contributed by atoms with Crippen molar-refractivity contribution >= 4 is 17.6 Å². The number of nitrogens with one attached hydrogen (secondary N) is 1. The van der Waals surface area contributed by atoms with E-state index in [9.17, 15) is 28.0 Å². The molecule has 4 rings (SSSR count). The molecule has 2 heterocycles. The zero-order chi connectivity index (χ0) is 31.5. The first-order valence-corrected chi connectivity index (χ1v) is 13.6. The van der Waals surface area contributed by atoms with E-state index < -0.39 is 29.4 Å². The minimum absolute atomic E-state index is 0.00506. The first-order valence-electron chi connectivity index (χ1n) is 13.6. The van der Waals surface area contributed by atoms with Crippen LogP contribution in [0.4, 0.5) is 24.8 Å². The van der Waals surface area contributed by atoms with Crippen LogP contribution in [0.25, 0.3) is 0 Å². The van der Waals surface area contributed by atoms with Crippen molar-refractivity contribution in [3.63, 3.8) is 0 Å². The number of esters is 1. The number of hydrogen-bond donors (Lipinski definition) is 1. The summed E-state index contributed by atoms with van der Waals surface area (Å²) in [5, 5.41) is 16.2. The fraction of sp³-hybridized carbons (Fsp3) is 0.400. The van der Waals surface area contributed by atoms with Gasteiger partial charge >= 0.3 is 17.8 Å². The predicted octanol–water partition coefficient (Wildman–Crippen LogP) is 4.31. The zero-order valence-electron chi connectivity index (χ0n) is 24.7. The van der Waals surface area contributed by atoms with Gasteiger partial charge in [0.1, 0.15) is 6.04 Å². The van der Waals surface area contributed by atoms with Gasteiger partial charge < -0.3 is 14.0 Å². The fourth-order valence-corrected chi connectivity index (χ4v) is 5.41. The lowest BCUT2D eigenvalue weighted by Crippen LogP contribution is -2.42. The minimum atomic E-state index is -4.62. The number of aromatic amines is 1. The first kappa shape index (κ1) is 31.5. The number of nitrogens with zero attached hydrogens (tertiary/aromatic N) is 5. The van der Waals surface area contributed by atoms with Crippen LogP contribution in [0.2, 0.25) is 0 Å². The Balaban J connectivity index is 1.90. The monoisotopic (exact) mass is 599 g/mol. The van der Waals surface area contributed by atoms with Crippen LogP contribution in [0, 0.1) is 11.3 Å². The number of H-pyrrole nitrogens is 1. The number of hydrogen-bond acceptors (Lipinski definition) is 7. The van der Waals surface area contributed by atoms with Gasteiger partial charge in [0.2, 0.25) is 5.95 Å². The van der Waals surface area contributed by atoms with Gasteiger partial charge in [0.15, 0.2) is 0 Å². The van der Waals surface area contributed by atoms with Crippen molar-refractivity contribution in [2.24, 2.45) is 0 Å². The standard InChI is InChI=1S/C30H33F3N6O4/c1-19-25(27(40)43-5)26(24-11-10-20(18-34)16-21(24)12-14-39(2,3)13-7-15-42-4)38-28(35-36-29(38)41)37(19)23-9-6-8-22(17-23)30(31,32)33/h6,8-11,16-17,26H,7,12-15H2,1-5H3/p+1/t26-/m1/s1. The number of halogens is 3. The molecule has 1 aliphatic rings. The summed E-state index contributed by atoms with van der Waals surface area (Å²) in [5.74, 6) is -0.755. The van der Waals surface area contributed by atoms with E-state index in [0.717, 1.165) is 30.7 Å². The molecular weight excluding hydrogens is 565 g/mol. The zero-order valence-corrected chi connectivity index (χ0v) is 24.7. The Hall–Kier alpha value is -4.41. The molecule has 0 aliphatic carbocycles. The lowest BCUT2D eigenvalue weighted by atomic mass is 9.89. The highest BCUT2D eigenvalue weighted by Gasteiger charge is 2.41. The molecule has 1 aliphatic heterocycles. The van der Waals surface area contributed by atoms with Crippen LogP contribution < -0.4 is 10.6 Å². The van der Waals surface area contributed by atoms with Gasteiger partial charge in [-0.05, 0) is 48.4 Å². The number of likely N-dealkylation sites (N-methyl/N-ethyl adjacent to an activating group) is 1. The topological polar surface area (TPSA) is 113 Å². The molecule has 0 saturated carbocycles. The Labute approximate surface area is 247 Å². The molecule has 0 unspecified atom stereocenters. The second-order valence-electron chi connectivity index (χ2n) is 11.0. The smallest absolute Gasteiger partial charge is 0.416 e. The Bertz CT molecular complexity index is 1630. The third-order valence-electron chi connectivity index (χ3n) is 7.64. The van der Waals surface area contributed by atoms with Gasteiger partial charge in [-0.1, -0.05) is 12.1 Å². The van der Waals surface area contributed by atoms with Crippen molar-refractivity contribution in [2.45, 2.75) is 32.0 Å². The summed E-state index contributed by atoms with van der Waals surface area (Å²) in [7, 11) is 7.01. The number of rotatable bonds is 10. The van der Waals surface area contributed by atoms with Crippen LogP contribution in [-0.4, -0.2) is 73.2 Å². The average Bonchev–Trinajstić information content (AvgIpc) is 3.35. The van der Waals surface area contributed by atoms with Crippen LogP contribution >= 0.6 is 0 Å². The molecule has 228 valence electrons. The molecule has 43 heavy (non-hydrogen) atoms. The van der Waals surface area contributed by atoms with E-state index in [-0.39, 0.29) is 22.9 Å². The van der Waals surface area contributed by atoms with Crippen LogP contribution in [0.15, 0.2) is 58.5 Å². The molecule has 0 radical (unpaired) electrons. The maximum Gasteiger partial charge on any atom is 0.416 e. The number of nitriles is 1. The molecular formula is C30H34F3N6O4+. The van der Waals surface area contributed by atoms with Crippen molar-refractivity contribution in [1.82, 2.24) is 14.8 Å². The first-order chi connectivity index (χ1) is 20.3. The number of aromatic nitrogens is 3. The molecule has 0 saturated heterocycles. The van der Waals surface area contributed by atoms with E-state index in [4.69, 9.17) is 9.47 Å². The Morgan fingerprint density at radius 1 is 1.16 bits per heavy atom. The highest BCUT2D eigenvalue weighted by Crippen LogP contribution is 2.43. The van der Waals surface area contributed by atoms with Gasteiger partial charge in [0.25, 0.3) is 0 Å². The summed E-state index contributed by atoms with van der Waals surface area (Å²) in [4.78, 5) is 28.0. The van der Waals surface area contributed by atoms with Crippen molar-refractivity contribution in [2.75, 3.05) is 52.9 Å². The quantitative estimate of drug-likeness (QED) is 0.210. The van der Waals surface area contributed by atoms with Crippen LogP contribution in [0.5, 0.6) is 0 Å². The number of alkyl halides is 3. The lowest BCUT2D eigenvalue weighted by Gasteiger charge is -2.36. The molecule has 2 aromatic carbocycles. The highest BCUT2D eigenvalue weighted by molar-refractivity contribution is 5.93. The van der Waals surface area contributed by atoms with Crippen molar-refractivity contribution < 1.29 is 31.9 Å². The number of fused-ring (bicyclic) bond motifs is 1. The van der Waals surface area contributed by atoms with Crippen LogP contribution in [-0.2, 0) is 26.9 Å². The SMILES string of the molecule is COCCC[N+](C)(C)CCc1cc(C#N)ccc1[C@@H]1C(C(=O)OC)=C(C)N(c2cccc(C(F)(F)F)c2)c2n[nH]c(=O)n21. The molecule has 13 heteroatoms. The molecule has 1 aromatic heterocycles. The molecule has 0 spiro atoms. The summed E-state index contributed by atoms with van der Waals surface area (Å²) < 4.78 is 53.1. The van der Waals surface area contributed by atoms with E-state index in [2.05, 4.69) is 30.4 Å². The van der Waals surface area contributed by atoms with Gasteiger partial charge in [-0.25, -0.2) is 19.3 Å². The Morgan fingerprint density at radius 3 is 2.56 bits per heavy atom. The summed E-state index contributed by atoms with van der Waals surface area (Å²) in [6.07, 6.45) is -3.26. The van der Waals surface area contributed by atoms with Gasteiger partial charge in [-0.15, -0.1) is 5.10 Å². The number of quaternary nitrogens is 1. The predicted molar refractivity (Wildman–Crippen MR) is 152 cm³/mol. The van der Waals surface area contributed by atoms with Crippen molar-refractivity contribution in [1.29, 1.82) is 5.26 Å². The maximum absolute atomic E-state index is 13.6. The van der Waals surface area contributed by atoms with Crippen LogP contribution in [0.1, 0.15) is 41.6 Å². The van der Waals surface area contributed by atoms with E-state index in [0.29, 0.717) is 35.2 Å². The maximum atomic E-state index is 13.6. The fourth-order valence-electron chi connectivity index (χ4n) is 5.41. The van der Waals surface area contributed by atoms with E-state index in [1.54, 1.807) is 32.2 Å². The largest absolute Gasteiger partial charge is 0.466 e. The Kier molecular flexibility index (Phi) is 9.12. The highest BCUT2D eigenvalue weighted by atomic mass is 19.4.